The zero-order chi connectivity index (χ0) is 10.4. The van der Waals surface area contributed by atoms with E-state index in [1.807, 2.05) is 0 Å². The van der Waals surface area contributed by atoms with Crippen molar-refractivity contribution in [2.75, 3.05) is 0 Å². The van der Waals surface area contributed by atoms with Crippen molar-refractivity contribution in [3.05, 3.63) is 34.3 Å². The SMILES string of the molecule is O=CCC#Cc1c(Cl)cccc1C=O. The number of hydrogen-bond donors (Lipinski definition) is 0. The summed E-state index contributed by atoms with van der Waals surface area (Å²) in [5, 5.41) is 0.424. The number of rotatable bonds is 2. The third-order valence-corrected chi connectivity index (χ3v) is 1.89. The van der Waals surface area contributed by atoms with E-state index in [0.717, 1.165) is 0 Å². The molecular formula is C11H7ClO2. The van der Waals surface area contributed by atoms with Crippen molar-refractivity contribution in [3.63, 3.8) is 0 Å². The van der Waals surface area contributed by atoms with E-state index in [1.54, 1.807) is 18.2 Å². The lowest BCUT2D eigenvalue weighted by atomic mass is 10.1. The quantitative estimate of drug-likeness (QED) is 0.549. The Kier molecular flexibility index (Phi) is 3.90. The van der Waals surface area contributed by atoms with Crippen LogP contribution in [-0.2, 0) is 4.79 Å². The monoisotopic (exact) mass is 206 g/mol. The van der Waals surface area contributed by atoms with Gasteiger partial charge in [-0.15, -0.1) is 0 Å². The maximum atomic E-state index is 10.6. The molecule has 0 aliphatic carbocycles. The van der Waals surface area contributed by atoms with Gasteiger partial charge < -0.3 is 4.79 Å². The van der Waals surface area contributed by atoms with E-state index in [1.165, 1.54) is 0 Å². The van der Waals surface area contributed by atoms with Gasteiger partial charge in [-0.2, -0.15) is 0 Å². The molecular weight excluding hydrogens is 200 g/mol. The van der Waals surface area contributed by atoms with Crippen LogP contribution >= 0.6 is 11.6 Å². The lowest BCUT2D eigenvalue weighted by Gasteiger charge is -1.97. The summed E-state index contributed by atoms with van der Waals surface area (Å²) >= 11 is 5.84. The Hall–Kier alpha value is -1.59. The molecule has 0 bridgehead atoms. The summed E-state index contributed by atoms with van der Waals surface area (Å²) in [6.45, 7) is 0. The summed E-state index contributed by atoms with van der Waals surface area (Å²) in [5.74, 6) is 5.29. The van der Waals surface area contributed by atoms with Crippen LogP contribution in [0.2, 0.25) is 5.02 Å². The molecule has 0 aliphatic heterocycles. The van der Waals surface area contributed by atoms with Crippen molar-refractivity contribution in [1.29, 1.82) is 0 Å². The highest BCUT2D eigenvalue weighted by molar-refractivity contribution is 6.32. The van der Waals surface area contributed by atoms with Gasteiger partial charge in [0.1, 0.15) is 6.29 Å². The number of benzene rings is 1. The normalized spacial score (nSPS) is 8.64. The van der Waals surface area contributed by atoms with Crippen LogP contribution in [0.1, 0.15) is 22.3 Å². The van der Waals surface area contributed by atoms with Crippen molar-refractivity contribution in [3.8, 4) is 11.8 Å². The first kappa shape index (κ1) is 10.5. The first-order chi connectivity index (χ1) is 6.79. The van der Waals surface area contributed by atoms with E-state index in [-0.39, 0.29) is 6.42 Å². The minimum absolute atomic E-state index is 0.142. The van der Waals surface area contributed by atoms with Gasteiger partial charge in [0.05, 0.1) is 17.0 Å². The van der Waals surface area contributed by atoms with Crippen molar-refractivity contribution in [2.24, 2.45) is 0 Å². The molecule has 0 unspecified atom stereocenters. The lowest BCUT2D eigenvalue weighted by Crippen LogP contribution is -1.87. The first-order valence-electron chi connectivity index (χ1n) is 3.95. The van der Waals surface area contributed by atoms with Crippen LogP contribution in [0.3, 0.4) is 0 Å². The van der Waals surface area contributed by atoms with Crippen LogP contribution in [0, 0.1) is 11.8 Å². The number of hydrogen-bond acceptors (Lipinski definition) is 2. The van der Waals surface area contributed by atoms with Gasteiger partial charge in [0.2, 0.25) is 0 Å². The fraction of sp³-hybridized carbons (Fsp3) is 0.0909. The summed E-state index contributed by atoms with van der Waals surface area (Å²) in [5.41, 5.74) is 0.918. The van der Waals surface area contributed by atoms with Crippen LogP contribution in [-0.4, -0.2) is 12.6 Å². The molecule has 0 heterocycles. The third-order valence-electron chi connectivity index (χ3n) is 1.57. The molecule has 0 radical (unpaired) electrons. The Labute approximate surface area is 86.9 Å². The zero-order valence-electron chi connectivity index (χ0n) is 7.29. The minimum Gasteiger partial charge on any atom is -0.302 e. The molecule has 0 amide bonds. The van der Waals surface area contributed by atoms with Gasteiger partial charge in [0.25, 0.3) is 0 Å². The van der Waals surface area contributed by atoms with Gasteiger partial charge in [-0.3, -0.25) is 4.79 Å². The molecule has 3 heteroatoms. The van der Waals surface area contributed by atoms with Crippen LogP contribution in [0.25, 0.3) is 0 Å². The molecule has 0 aromatic heterocycles. The summed E-state index contributed by atoms with van der Waals surface area (Å²) in [6.07, 6.45) is 1.53. The molecule has 0 fully saturated rings. The molecule has 14 heavy (non-hydrogen) atoms. The van der Waals surface area contributed by atoms with E-state index in [2.05, 4.69) is 11.8 Å². The fourth-order valence-corrected chi connectivity index (χ4v) is 1.18. The maximum absolute atomic E-state index is 10.6. The molecule has 2 nitrogen and oxygen atoms in total. The average molecular weight is 207 g/mol. The molecule has 0 saturated heterocycles. The smallest absolute Gasteiger partial charge is 0.151 e. The second-order valence-corrected chi connectivity index (χ2v) is 2.90. The van der Waals surface area contributed by atoms with Crippen LogP contribution in [0.4, 0.5) is 0 Å². The lowest BCUT2D eigenvalue weighted by molar-refractivity contribution is -0.107. The van der Waals surface area contributed by atoms with Gasteiger partial charge in [0.15, 0.2) is 6.29 Å². The Morgan fingerprint density at radius 3 is 2.79 bits per heavy atom. The summed E-state index contributed by atoms with van der Waals surface area (Å²) < 4.78 is 0. The molecule has 0 saturated carbocycles. The Morgan fingerprint density at radius 2 is 2.14 bits per heavy atom. The summed E-state index contributed by atoms with van der Waals surface area (Å²) in [4.78, 5) is 20.6. The van der Waals surface area contributed by atoms with Gasteiger partial charge in [-0.05, 0) is 6.07 Å². The highest BCUT2D eigenvalue weighted by atomic mass is 35.5. The standard InChI is InChI=1S/C11H7ClO2/c12-11-6-3-4-9(8-14)10(11)5-1-2-7-13/h3-4,6-8H,2H2. The van der Waals surface area contributed by atoms with Gasteiger partial charge in [-0.25, -0.2) is 0 Å². The van der Waals surface area contributed by atoms with Crippen molar-refractivity contribution in [2.45, 2.75) is 6.42 Å². The van der Waals surface area contributed by atoms with E-state index in [4.69, 9.17) is 11.6 Å². The zero-order valence-corrected chi connectivity index (χ0v) is 8.04. The molecule has 0 spiro atoms. The first-order valence-corrected chi connectivity index (χ1v) is 4.33. The number of aldehydes is 2. The minimum atomic E-state index is 0.142. The third kappa shape index (κ3) is 2.45. The summed E-state index contributed by atoms with van der Waals surface area (Å²) in [7, 11) is 0. The van der Waals surface area contributed by atoms with E-state index in [9.17, 15) is 9.59 Å². The topological polar surface area (TPSA) is 34.1 Å². The largest absolute Gasteiger partial charge is 0.302 e. The Morgan fingerprint density at radius 1 is 1.36 bits per heavy atom. The molecule has 0 N–H and O–H groups in total. The fourth-order valence-electron chi connectivity index (χ4n) is 0.952. The van der Waals surface area contributed by atoms with Crippen LogP contribution in [0.15, 0.2) is 18.2 Å². The predicted molar refractivity (Wildman–Crippen MR) is 54.4 cm³/mol. The highest BCUT2D eigenvalue weighted by Crippen LogP contribution is 2.17. The molecule has 1 aromatic rings. The van der Waals surface area contributed by atoms with Crippen LogP contribution in [0.5, 0.6) is 0 Å². The average Bonchev–Trinajstić information content (AvgIpc) is 2.20. The van der Waals surface area contributed by atoms with Gasteiger partial charge in [0, 0.05) is 5.56 Å². The number of halogens is 1. The number of carbonyl (C=O) groups is 2. The molecule has 0 atom stereocenters. The van der Waals surface area contributed by atoms with Crippen molar-refractivity contribution >= 4 is 24.2 Å². The van der Waals surface area contributed by atoms with Crippen molar-refractivity contribution < 1.29 is 9.59 Å². The van der Waals surface area contributed by atoms with Gasteiger partial charge in [-0.1, -0.05) is 35.6 Å². The maximum Gasteiger partial charge on any atom is 0.151 e. The molecule has 1 rings (SSSR count). The summed E-state index contributed by atoms with van der Waals surface area (Å²) in [6, 6.07) is 4.96. The Bertz CT molecular complexity index is 413. The van der Waals surface area contributed by atoms with Crippen molar-refractivity contribution in [1.82, 2.24) is 0 Å². The van der Waals surface area contributed by atoms with E-state index in [0.29, 0.717) is 28.7 Å². The number of carbonyl (C=O) groups excluding carboxylic acids is 2. The predicted octanol–water partition coefficient (Wildman–Crippen LogP) is 2.09. The molecule has 1 aromatic carbocycles. The second-order valence-electron chi connectivity index (χ2n) is 2.49. The van der Waals surface area contributed by atoms with E-state index < -0.39 is 0 Å². The highest BCUT2D eigenvalue weighted by Gasteiger charge is 2.02. The van der Waals surface area contributed by atoms with E-state index >= 15 is 0 Å². The van der Waals surface area contributed by atoms with Gasteiger partial charge >= 0.3 is 0 Å². The second kappa shape index (κ2) is 5.21. The molecule has 0 aliphatic rings. The molecule has 70 valence electrons. The Balaban J connectivity index is 3.12. The van der Waals surface area contributed by atoms with Crippen LogP contribution < -0.4 is 0 Å².